The third-order valence-corrected chi connectivity index (χ3v) is 5.44. The Morgan fingerprint density at radius 1 is 1.05 bits per heavy atom. The van der Waals surface area contributed by atoms with Gasteiger partial charge in [0, 0.05) is 18.6 Å². The summed E-state index contributed by atoms with van der Waals surface area (Å²) in [6.07, 6.45) is 12.6. The summed E-state index contributed by atoms with van der Waals surface area (Å²) in [5, 5.41) is 3.74. The quantitative estimate of drug-likeness (QED) is 0.759. The largest absolute Gasteiger partial charge is 0.313 e. The highest BCUT2D eigenvalue weighted by molar-refractivity contribution is 4.84. The van der Waals surface area contributed by atoms with Gasteiger partial charge in [-0.1, -0.05) is 33.6 Å². The lowest BCUT2D eigenvalue weighted by atomic mass is 9.85. The lowest BCUT2D eigenvalue weighted by molar-refractivity contribution is 0.149. The van der Waals surface area contributed by atoms with E-state index < -0.39 is 0 Å². The molecule has 2 fully saturated rings. The summed E-state index contributed by atoms with van der Waals surface area (Å²) in [6, 6.07) is 1.60. The van der Waals surface area contributed by atoms with E-state index >= 15 is 0 Å². The molecule has 2 atom stereocenters. The van der Waals surface area contributed by atoms with Crippen molar-refractivity contribution in [3.05, 3.63) is 0 Å². The van der Waals surface area contributed by atoms with Gasteiger partial charge in [-0.3, -0.25) is 4.90 Å². The molecule has 1 saturated carbocycles. The molecule has 1 saturated heterocycles. The predicted molar refractivity (Wildman–Crippen MR) is 88.2 cm³/mol. The molecule has 0 bridgehead atoms. The number of hydrogen-bond acceptors (Lipinski definition) is 2. The van der Waals surface area contributed by atoms with Crippen LogP contribution in [0.25, 0.3) is 0 Å². The summed E-state index contributed by atoms with van der Waals surface area (Å²) >= 11 is 0. The Morgan fingerprint density at radius 3 is 2.60 bits per heavy atom. The molecule has 1 heterocycles. The fourth-order valence-corrected chi connectivity index (χ4v) is 4.08. The van der Waals surface area contributed by atoms with Gasteiger partial charge in [0.2, 0.25) is 0 Å². The van der Waals surface area contributed by atoms with Crippen LogP contribution in [0.4, 0.5) is 0 Å². The standard InChI is InChI=1S/C18H36N2/c1-4-14-20(15-16-8-5-6-13-19-16)17-9-7-11-18(2,3)12-10-17/h16-17,19H,4-15H2,1-3H3. The first-order chi connectivity index (χ1) is 9.61. The molecule has 0 radical (unpaired) electrons. The summed E-state index contributed by atoms with van der Waals surface area (Å²) in [5.74, 6) is 0. The SMILES string of the molecule is CCCN(CC1CCCCN1)C1CCCC(C)(C)CC1. The van der Waals surface area contributed by atoms with Gasteiger partial charge >= 0.3 is 0 Å². The maximum absolute atomic E-state index is 3.74. The highest BCUT2D eigenvalue weighted by Crippen LogP contribution is 2.35. The zero-order chi connectivity index (χ0) is 14.4. The molecular weight excluding hydrogens is 244 g/mol. The number of nitrogens with zero attached hydrogens (tertiary/aromatic N) is 1. The minimum absolute atomic E-state index is 0.579. The molecule has 118 valence electrons. The van der Waals surface area contributed by atoms with Crippen LogP contribution in [0.3, 0.4) is 0 Å². The molecule has 2 nitrogen and oxygen atoms in total. The van der Waals surface area contributed by atoms with Gasteiger partial charge in [0.05, 0.1) is 0 Å². The molecule has 0 aromatic heterocycles. The molecular formula is C18H36N2. The number of hydrogen-bond donors (Lipinski definition) is 1. The van der Waals surface area contributed by atoms with E-state index in [9.17, 15) is 0 Å². The Labute approximate surface area is 126 Å². The third-order valence-electron chi connectivity index (χ3n) is 5.44. The second-order valence-electron chi connectivity index (χ2n) is 7.89. The highest BCUT2D eigenvalue weighted by Gasteiger charge is 2.28. The van der Waals surface area contributed by atoms with Crippen molar-refractivity contribution < 1.29 is 0 Å². The van der Waals surface area contributed by atoms with E-state index in [0.29, 0.717) is 5.41 Å². The Morgan fingerprint density at radius 2 is 1.90 bits per heavy atom. The fraction of sp³-hybridized carbons (Fsp3) is 1.00. The zero-order valence-electron chi connectivity index (χ0n) is 14.1. The topological polar surface area (TPSA) is 15.3 Å². The molecule has 20 heavy (non-hydrogen) atoms. The summed E-state index contributed by atoms with van der Waals surface area (Å²) in [7, 11) is 0. The summed E-state index contributed by atoms with van der Waals surface area (Å²) < 4.78 is 0. The van der Waals surface area contributed by atoms with Gasteiger partial charge in [0.15, 0.2) is 0 Å². The summed E-state index contributed by atoms with van der Waals surface area (Å²) in [4.78, 5) is 2.82. The molecule has 2 aliphatic rings. The van der Waals surface area contributed by atoms with Gasteiger partial charge in [0.1, 0.15) is 0 Å². The van der Waals surface area contributed by atoms with E-state index in [-0.39, 0.29) is 0 Å². The summed E-state index contributed by atoms with van der Waals surface area (Å²) in [5.41, 5.74) is 0.579. The molecule has 0 amide bonds. The Balaban J connectivity index is 1.89. The number of rotatable bonds is 5. The average molecular weight is 280 g/mol. The maximum Gasteiger partial charge on any atom is 0.0195 e. The monoisotopic (exact) mass is 280 g/mol. The van der Waals surface area contributed by atoms with Gasteiger partial charge in [-0.15, -0.1) is 0 Å². The van der Waals surface area contributed by atoms with E-state index in [1.165, 1.54) is 77.4 Å². The van der Waals surface area contributed by atoms with Crippen LogP contribution in [0, 0.1) is 5.41 Å². The van der Waals surface area contributed by atoms with E-state index in [1.807, 2.05) is 0 Å². The van der Waals surface area contributed by atoms with E-state index in [1.54, 1.807) is 0 Å². The maximum atomic E-state index is 3.74. The van der Waals surface area contributed by atoms with E-state index in [2.05, 4.69) is 31.0 Å². The molecule has 2 unspecified atom stereocenters. The van der Waals surface area contributed by atoms with Crippen LogP contribution >= 0.6 is 0 Å². The van der Waals surface area contributed by atoms with Crippen molar-refractivity contribution in [1.82, 2.24) is 10.2 Å². The first-order valence-electron chi connectivity index (χ1n) is 9.08. The number of piperidine rings is 1. The van der Waals surface area contributed by atoms with Crippen molar-refractivity contribution in [2.24, 2.45) is 5.41 Å². The molecule has 0 aromatic carbocycles. The van der Waals surface area contributed by atoms with E-state index in [4.69, 9.17) is 0 Å². The van der Waals surface area contributed by atoms with Crippen LogP contribution in [0.15, 0.2) is 0 Å². The molecule has 0 aromatic rings. The summed E-state index contributed by atoms with van der Waals surface area (Å²) in [6.45, 7) is 11.1. The first kappa shape index (κ1) is 16.3. The highest BCUT2D eigenvalue weighted by atomic mass is 15.2. The van der Waals surface area contributed by atoms with Crippen molar-refractivity contribution in [3.63, 3.8) is 0 Å². The van der Waals surface area contributed by atoms with Crippen molar-refractivity contribution in [1.29, 1.82) is 0 Å². The normalized spacial score (nSPS) is 31.2. The second kappa shape index (κ2) is 7.79. The molecule has 1 aliphatic carbocycles. The fourth-order valence-electron chi connectivity index (χ4n) is 4.08. The lowest BCUT2D eigenvalue weighted by Crippen LogP contribution is -2.47. The molecule has 0 spiro atoms. The average Bonchev–Trinajstić information content (AvgIpc) is 2.60. The van der Waals surface area contributed by atoms with Crippen LogP contribution in [0.2, 0.25) is 0 Å². The smallest absolute Gasteiger partial charge is 0.0195 e. The van der Waals surface area contributed by atoms with Crippen molar-refractivity contribution >= 4 is 0 Å². The second-order valence-corrected chi connectivity index (χ2v) is 7.89. The molecule has 2 rings (SSSR count). The van der Waals surface area contributed by atoms with Crippen LogP contribution in [-0.4, -0.2) is 36.6 Å². The Bertz CT molecular complexity index is 269. The third kappa shape index (κ3) is 5.04. The number of nitrogens with one attached hydrogen (secondary N) is 1. The van der Waals surface area contributed by atoms with Gasteiger partial charge in [-0.05, 0) is 63.5 Å². The van der Waals surface area contributed by atoms with Crippen molar-refractivity contribution in [2.75, 3.05) is 19.6 Å². The minimum Gasteiger partial charge on any atom is -0.313 e. The van der Waals surface area contributed by atoms with Crippen molar-refractivity contribution in [3.8, 4) is 0 Å². The van der Waals surface area contributed by atoms with Crippen LogP contribution in [0.1, 0.15) is 78.6 Å². The van der Waals surface area contributed by atoms with Gasteiger partial charge in [0.25, 0.3) is 0 Å². The van der Waals surface area contributed by atoms with Crippen LogP contribution in [0.5, 0.6) is 0 Å². The van der Waals surface area contributed by atoms with Gasteiger partial charge < -0.3 is 5.32 Å². The van der Waals surface area contributed by atoms with Crippen LogP contribution in [-0.2, 0) is 0 Å². The zero-order valence-corrected chi connectivity index (χ0v) is 14.1. The van der Waals surface area contributed by atoms with Crippen molar-refractivity contribution in [2.45, 2.75) is 90.6 Å². The predicted octanol–water partition coefficient (Wildman–Crippen LogP) is 4.20. The van der Waals surface area contributed by atoms with Gasteiger partial charge in [-0.25, -0.2) is 0 Å². The molecule has 1 N–H and O–H groups in total. The Kier molecular flexibility index (Phi) is 6.35. The minimum atomic E-state index is 0.579. The lowest BCUT2D eigenvalue weighted by Gasteiger charge is -2.36. The van der Waals surface area contributed by atoms with Crippen LogP contribution < -0.4 is 5.32 Å². The van der Waals surface area contributed by atoms with Gasteiger partial charge in [-0.2, -0.15) is 0 Å². The first-order valence-corrected chi connectivity index (χ1v) is 9.08. The Hall–Kier alpha value is -0.0800. The van der Waals surface area contributed by atoms with E-state index in [0.717, 1.165) is 12.1 Å². The molecule has 1 aliphatic heterocycles. The molecule has 2 heteroatoms.